The summed E-state index contributed by atoms with van der Waals surface area (Å²) in [5, 5.41) is 8.05. The standard InChI is InChI=1S/C21H29N3O/c1-2-22-21(25)14-11-12-18-17(13-14)16-9-6-10-19(20(16)24-18)23-15-7-4-3-5-8-15/h11-13,15,19,23-24H,2-10H2,1H3,(H,22,25). The molecule has 2 aliphatic carbocycles. The van der Waals surface area contributed by atoms with Crippen LogP contribution < -0.4 is 10.6 Å². The zero-order valence-electron chi connectivity index (χ0n) is 15.2. The highest BCUT2D eigenvalue weighted by Gasteiger charge is 2.27. The number of rotatable bonds is 4. The van der Waals surface area contributed by atoms with Gasteiger partial charge in [0.15, 0.2) is 0 Å². The van der Waals surface area contributed by atoms with E-state index in [4.69, 9.17) is 0 Å². The topological polar surface area (TPSA) is 56.9 Å². The Morgan fingerprint density at radius 3 is 2.80 bits per heavy atom. The third-order valence-electron chi connectivity index (χ3n) is 5.85. The molecule has 134 valence electrons. The van der Waals surface area contributed by atoms with Gasteiger partial charge in [0.25, 0.3) is 5.91 Å². The van der Waals surface area contributed by atoms with Gasteiger partial charge < -0.3 is 15.6 Å². The fourth-order valence-electron chi connectivity index (χ4n) is 4.59. The first-order valence-corrected chi connectivity index (χ1v) is 9.95. The van der Waals surface area contributed by atoms with Gasteiger partial charge in [0.05, 0.1) is 0 Å². The van der Waals surface area contributed by atoms with Gasteiger partial charge in [0, 0.05) is 40.8 Å². The maximum Gasteiger partial charge on any atom is 0.251 e. The van der Waals surface area contributed by atoms with Crippen molar-refractivity contribution in [2.75, 3.05) is 6.54 Å². The molecule has 1 amide bonds. The monoisotopic (exact) mass is 339 g/mol. The minimum atomic E-state index is 0.0204. The van der Waals surface area contributed by atoms with Gasteiger partial charge in [-0.3, -0.25) is 4.79 Å². The maximum atomic E-state index is 12.2. The molecule has 1 fully saturated rings. The Bertz CT molecular complexity index is 758. The van der Waals surface area contributed by atoms with Crippen LogP contribution in [0.25, 0.3) is 10.9 Å². The predicted octanol–water partition coefficient (Wildman–Crippen LogP) is 4.22. The Labute approximate surface area is 149 Å². The lowest BCUT2D eigenvalue weighted by atomic mass is 9.89. The lowest BCUT2D eigenvalue weighted by molar-refractivity contribution is 0.0956. The number of benzene rings is 1. The predicted molar refractivity (Wildman–Crippen MR) is 102 cm³/mol. The molecule has 1 aromatic heterocycles. The van der Waals surface area contributed by atoms with Crippen molar-refractivity contribution in [2.45, 2.75) is 70.4 Å². The number of hydrogen-bond acceptors (Lipinski definition) is 2. The van der Waals surface area contributed by atoms with Crippen LogP contribution in [0.4, 0.5) is 0 Å². The fraction of sp³-hybridized carbons (Fsp3) is 0.571. The molecule has 4 nitrogen and oxygen atoms in total. The minimum Gasteiger partial charge on any atom is -0.357 e. The van der Waals surface area contributed by atoms with Gasteiger partial charge >= 0.3 is 0 Å². The summed E-state index contributed by atoms with van der Waals surface area (Å²) in [6, 6.07) is 7.17. The molecule has 2 aromatic rings. The number of hydrogen-bond donors (Lipinski definition) is 3. The molecule has 3 N–H and O–H groups in total. The molecule has 1 aromatic carbocycles. The molecular formula is C21H29N3O. The average molecular weight is 339 g/mol. The number of H-pyrrole nitrogens is 1. The normalized spacial score (nSPS) is 21.2. The van der Waals surface area contributed by atoms with Crippen LogP contribution >= 0.6 is 0 Å². The molecule has 1 saturated carbocycles. The third kappa shape index (κ3) is 3.32. The first-order chi connectivity index (χ1) is 12.3. The third-order valence-corrected chi connectivity index (χ3v) is 5.85. The highest BCUT2D eigenvalue weighted by molar-refractivity contribution is 5.99. The van der Waals surface area contributed by atoms with E-state index in [9.17, 15) is 4.79 Å². The smallest absolute Gasteiger partial charge is 0.251 e. The zero-order chi connectivity index (χ0) is 17.2. The summed E-state index contributed by atoms with van der Waals surface area (Å²) < 4.78 is 0. The van der Waals surface area contributed by atoms with Gasteiger partial charge in [0.2, 0.25) is 0 Å². The van der Waals surface area contributed by atoms with Gasteiger partial charge in [-0.15, -0.1) is 0 Å². The van der Waals surface area contributed by atoms with E-state index in [1.807, 2.05) is 13.0 Å². The molecule has 25 heavy (non-hydrogen) atoms. The Hall–Kier alpha value is -1.81. The molecule has 0 saturated heterocycles. The first kappa shape index (κ1) is 16.6. The summed E-state index contributed by atoms with van der Waals surface area (Å²) >= 11 is 0. The minimum absolute atomic E-state index is 0.0204. The SMILES string of the molecule is CCNC(=O)c1ccc2[nH]c3c(c2c1)CCCC3NC1CCCCC1. The molecule has 1 heterocycles. The number of aryl methyl sites for hydroxylation is 1. The van der Waals surface area contributed by atoms with Crippen molar-refractivity contribution in [1.82, 2.24) is 15.6 Å². The lowest BCUT2D eigenvalue weighted by Gasteiger charge is -2.31. The van der Waals surface area contributed by atoms with Crippen LogP contribution in [0.15, 0.2) is 18.2 Å². The van der Waals surface area contributed by atoms with Crippen molar-refractivity contribution in [3.63, 3.8) is 0 Å². The number of amides is 1. The second kappa shape index (κ2) is 7.20. The average Bonchev–Trinajstić information content (AvgIpc) is 3.02. The van der Waals surface area contributed by atoms with Crippen molar-refractivity contribution in [3.05, 3.63) is 35.0 Å². The number of carbonyl (C=O) groups excluding carboxylic acids is 1. The molecule has 0 bridgehead atoms. The molecule has 1 unspecified atom stereocenters. The number of fused-ring (bicyclic) bond motifs is 3. The van der Waals surface area contributed by atoms with E-state index in [0.717, 1.165) is 17.5 Å². The zero-order valence-corrected chi connectivity index (χ0v) is 15.2. The van der Waals surface area contributed by atoms with E-state index in [0.29, 0.717) is 18.6 Å². The van der Waals surface area contributed by atoms with Crippen LogP contribution in [0.5, 0.6) is 0 Å². The van der Waals surface area contributed by atoms with Gasteiger partial charge in [-0.1, -0.05) is 19.3 Å². The molecule has 1 atom stereocenters. The Kier molecular flexibility index (Phi) is 4.80. The van der Waals surface area contributed by atoms with Crippen molar-refractivity contribution in [3.8, 4) is 0 Å². The van der Waals surface area contributed by atoms with E-state index in [1.54, 1.807) is 0 Å². The molecular weight excluding hydrogens is 310 g/mol. The Morgan fingerprint density at radius 1 is 1.16 bits per heavy atom. The summed E-state index contributed by atoms with van der Waals surface area (Å²) in [6.07, 6.45) is 10.3. The van der Waals surface area contributed by atoms with Crippen LogP contribution in [0.2, 0.25) is 0 Å². The first-order valence-electron chi connectivity index (χ1n) is 9.95. The Balaban J connectivity index is 1.63. The van der Waals surface area contributed by atoms with Gasteiger partial charge in [-0.25, -0.2) is 0 Å². The molecule has 0 aliphatic heterocycles. The highest BCUT2D eigenvalue weighted by atomic mass is 16.1. The van der Waals surface area contributed by atoms with Gasteiger partial charge in [-0.05, 0) is 62.8 Å². The van der Waals surface area contributed by atoms with Crippen molar-refractivity contribution in [2.24, 2.45) is 0 Å². The van der Waals surface area contributed by atoms with Crippen molar-refractivity contribution in [1.29, 1.82) is 0 Å². The largest absolute Gasteiger partial charge is 0.357 e. The van der Waals surface area contributed by atoms with E-state index >= 15 is 0 Å². The summed E-state index contributed by atoms with van der Waals surface area (Å²) in [7, 11) is 0. The number of nitrogens with one attached hydrogen (secondary N) is 3. The highest BCUT2D eigenvalue weighted by Crippen LogP contribution is 2.36. The number of carbonyl (C=O) groups is 1. The van der Waals surface area contributed by atoms with Crippen molar-refractivity contribution >= 4 is 16.8 Å². The number of aromatic nitrogens is 1. The van der Waals surface area contributed by atoms with Crippen LogP contribution in [-0.2, 0) is 6.42 Å². The van der Waals surface area contributed by atoms with E-state index in [-0.39, 0.29) is 5.91 Å². The van der Waals surface area contributed by atoms with Crippen LogP contribution in [0, 0.1) is 0 Å². The van der Waals surface area contributed by atoms with Crippen LogP contribution in [0.1, 0.15) is 79.5 Å². The summed E-state index contributed by atoms with van der Waals surface area (Å²) in [5.41, 5.74) is 4.70. The van der Waals surface area contributed by atoms with E-state index < -0.39 is 0 Å². The second-order valence-corrected chi connectivity index (χ2v) is 7.58. The second-order valence-electron chi connectivity index (χ2n) is 7.58. The Morgan fingerprint density at radius 2 is 2.00 bits per heavy atom. The van der Waals surface area contributed by atoms with Crippen molar-refractivity contribution < 1.29 is 4.79 Å². The molecule has 4 heteroatoms. The fourth-order valence-corrected chi connectivity index (χ4v) is 4.59. The molecule has 0 spiro atoms. The van der Waals surface area contributed by atoms with E-state index in [2.05, 4.69) is 27.8 Å². The summed E-state index contributed by atoms with van der Waals surface area (Å²) in [6.45, 7) is 2.62. The maximum absolute atomic E-state index is 12.2. The van der Waals surface area contributed by atoms with Crippen LogP contribution in [0.3, 0.4) is 0 Å². The van der Waals surface area contributed by atoms with Gasteiger partial charge in [0.1, 0.15) is 0 Å². The van der Waals surface area contributed by atoms with Crippen LogP contribution in [-0.4, -0.2) is 23.5 Å². The van der Waals surface area contributed by atoms with E-state index in [1.165, 1.54) is 61.6 Å². The molecule has 4 rings (SSSR count). The molecule has 0 radical (unpaired) electrons. The van der Waals surface area contributed by atoms with Gasteiger partial charge in [-0.2, -0.15) is 0 Å². The molecule has 2 aliphatic rings. The summed E-state index contributed by atoms with van der Waals surface area (Å²) in [5.74, 6) is 0.0204. The number of aromatic amines is 1. The lowest BCUT2D eigenvalue weighted by Crippen LogP contribution is -2.36. The quantitative estimate of drug-likeness (QED) is 0.781. The summed E-state index contributed by atoms with van der Waals surface area (Å²) in [4.78, 5) is 15.8.